The summed E-state index contributed by atoms with van der Waals surface area (Å²) in [5, 5.41) is 3.27. The highest BCUT2D eigenvalue weighted by molar-refractivity contribution is 6.00. The molecule has 0 atom stereocenters. The van der Waals surface area contributed by atoms with Crippen molar-refractivity contribution >= 4 is 11.5 Å². The Hall–Kier alpha value is -1.51. The summed E-state index contributed by atoms with van der Waals surface area (Å²) in [4.78, 5) is 12.3. The Balaban J connectivity index is 1.83. The van der Waals surface area contributed by atoms with Gasteiger partial charge in [-0.05, 0) is 18.6 Å². The number of ketones is 1. The van der Waals surface area contributed by atoms with Gasteiger partial charge in [0, 0.05) is 13.0 Å². The van der Waals surface area contributed by atoms with E-state index in [9.17, 15) is 4.79 Å². The first-order chi connectivity index (χ1) is 9.83. The highest BCUT2D eigenvalue weighted by Crippen LogP contribution is 2.32. The van der Waals surface area contributed by atoms with Crippen molar-refractivity contribution in [3.05, 3.63) is 23.8 Å². The number of Topliss-reactive ketones (excluding diaryl/α,β-unsaturated/α-hetero) is 1. The maximum Gasteiger partial charge on any atom is 0.166 e. The van der Waals surface area contributed by atoms with Gasteiger partial charge in [0.1, 0.15) is 6.61 Å². The van der Waals surface area contributed by atoms with Gasteiger partial charge in [-0.1, -0.05) is 45.1 Å². The van der Waals surface area contributed by atoms with Gasteiger partial charge in [0.2, 0.25) is 0 Å². The molecule has 3 nitrogen and oxygen atoms in total. The lowest BCUT2D eigenvalue weighted by molar-refractivity contribution is 0.0975. The SMILES string of the molecule is CCCCCCCCC(=O)c1cccc2c1OCCN2. The zero-order valence-electron chi connectivity index (χ0n) is 12.4. The van der Waals surface area contributed by atoms with E-state index < -0.39 is 0 Å². The van der Waals surface area contributed by atoms with Crippen LogP contribution in [-0.4, -0.2) is 18.9 Å². The number of fused-ring (bicyclic) bond motifs is 1. The molecule has 1 heterocycles. The summed E-state index contributed by atoms with van der Waals surface area (Å²) < 4.78 is 5.65. The molecule has 0 spiro atoms. The topological polar surface area (TPSA) is 38.3 Å². The van der Waals surface area contributed by atoms with E-state index >= 15 is 0 Å². The number of para-hydroxylation sites is 1. The quantitative estimate of drug-likeness (QED) is 0.563. The maximum atomic E-state index is 12.3. The highest BCUT2D eigenvalue weighted by atomic mass is 16.5. The Morgan fingerprint density at radius 3 is 2.85 bits per heavy atom. The Morgan fingerprint density at radius 2 is 2.00 bits per heavy atom. The van der Waals surface area contributed by atoms with Crippen LogP contribution in [0.25, 0.3) is 0 Å². The van der Waals surface area contributed by atoms with Crippen molar-refractivity contribution in [2.45, 2.75) is 51.9 Å². The number of anilines is 1. The zero-order valence-corrected chi connectivity index (χ0v) is 12.4. The number of carbonyl (C=O) groups excluding carboxylic acids is 1. The van der Waals surface area contributed by atoms with E-state index in [4.69, 9.17) is 4.74 Å². The number of benzene rings is 1. The van der Waals surface area contributed by atoms with Gasteiger partial charge < -0.3 is 10.1 Å². The van der Waals surface area contributed by atoms with Crippen molar-refractivity contribution in [1.29, 1.82) is 0 Å². The Bertz CT molecular complexity index is 443. The van der Waals surface area contributed by atoms with Gasteiger partial charge in [-0.2, -0.15) is 0 Å². The first-order valence-corrected chi connectivity index (χ1v) is 7.86. The van der Waals surface area contributed by atoms with E-state index in [1.807, 2.05) is 18.2 Å². The van der Waals surface area contributed by atoms with Gasteiger partial charge in [-0.15, -0.1) is 0 Å². The predicted molar refractivity (Wildman–Crippen MR) is 82.8 cm³/mol. The van der Waals surface area contributed by atoms with Crippen molar-refractivity contribution in [1.82, 2.24) is 0 Å². The van der Waals surface area contributed by atoms with Crippen LogP contribution in [0.4, 0.5) is 5.69 Å². The second kappa shape index (κ2) is 7.93. The molecular formula is C17H25NO2. The maximum absolute atomic E-state index is 12.3. The molecule has 0 saturated carbocycles. The van der Waals surface area contributed by atoms with Gasteiger partial charge >= 0.3 is 0 Å². The van der Waals surface area contributed by atoms with Crippen LogP contribution in [0.3, 0.4) is 0 Å². The number of rotatable bonds is 8. The molecular weight excluding hydrogens is 250 g/mol. The molecule has 0 unspecified atom stereocenters. The Labute approximate surface area is 121 Å². The van der Waals surface area contributed by atoms with Crippen molar-refractivity contribution in [3.63, 3.8) is 0 Å². The van der Waals surface area contributed by atoms with Crippen LogP contribution in [0.15, 0.2) is 18.2 Å². The van der Waals surface area contributed by atoms with Crippen LogP contribution in [0.2, 0.25) is 0 Å². The summed E-state index contributed by atoms with van der Waals surface area (Å²) >= 11 is 0. The molecule has 0 amide bonds. The summed E-state index contributed by atoms with van der Waals surface area (Å²) in [5.41, 5.74) is 1.69. The molecule has 1 aliphatic rings. The van der Waals surface area contributed by atoms with E-state index in [-0.39, 0.29) is 5.78 Å². The molecule has 2 rings (SSSR count). The summed E-state index contributed by atoms with van der Waals surface area (Å²) in [5.74, 6) is 0.954. The molecule has 20 heavy (non-hydrogen) atoms. The zero-order chi connectivity index (χ0) is 14.2. The number of carbonyl (C=O) groups is 1. The molecule has 3 heteroatoms. The van der Waals surface area contributed by atoms with Gasteiger partial charge in [-0.25, -0.2) is 0 Å². The van der Waals surface area contributed by atoms with Crippen LogP contribution in [0.1, 0.15) is 62.2 Å². The fraction of sp³-hybridized carbons (Fsp3) is 0.588. The smallest absolute Gasteiger partial charge is 0.166 e. The molecule has 110 valence electrons. The van der Waals surface area contributed by atoms with Gasteiger partial charge in [0.15, 0.2) is 11.5 Å². The van der Waals surface area contributed by atoms with Gasteiger partial charge in [-0.3, -0.25) is 4.79 Å². The lowest BCUT2D eigenvalue weighted by Crippen LogP contribution is -2.20. The van der Waals surface area contributed by atoms with Crippen LogP contribution in [0.5, 0.6) is 5.75 Å². The second-order valence-electron chi connectivity index (χ2n) is 5.40. The summed E-state index contributed by atoms with van der Waals surface area (Å²) in [7, 11) is 0. The van der Waals surface area contributed by atoms with E-state index in [0.29, 0.717) is 13.0 Å². The van der Waals surface area contributed by atoms with Crippen LogP contribution < -0.4 is 10.1 Å². The Morgan fingerprint density at radius 1 is 1.20 bits per heavy atom. The van der Waals surface area contributed by atoms with Crippen LogP contribution in [-0.2, 0) is 0 Å². The average molecular weight is 275 g/mol. The summed E-state index contributed by atoms with van der Waals surface area (Å²) in [6, 6.07) is 5.77. The van der Waals surface area contributed by atoms with E-state index in [1.165, 1.54) is 25.7 Å². The van der Waals surface area contributed by atoms with Crippen molar-refractivity contribution in [2.75, 3.05) is 18.5 Å². The van der Waals surface area contributed by atoms with Crippen LogP contribution >= 0.6 is 0 Å². The molecule has 0 bridgehead atoms. The fourth-order valence-corrected chi connectivity index (χ4v) is 2.59. The third kappa shape index (κ3) is 3.99. The number of ether oxygens (including phenoxy) is 1. The highest BCUT2D eigenvalue weighted by Gasteiger charge is 2.18. The first-order valence-electron chi connectivity index (χ1n) is 7.86. The summed E-state index contributed by atoms with van der Waals surface area (Å²) in [6.07, 6.45) is 7.87. The lowest BCUT2D eigenvalue weighted by Gasteiger charge is -2.21. The lowest BCUT2D eigenvalue weighted by atomic mass is 10.0. The minimum Gasteiger partial charge on any atom is -0.489 e. The molecule has 1 aromatic rings. The monoisotopic (exact) mass is 275 g/mol. The first kappa shape index (κ1) is 14.9. The van der Waals surface area contributed by atoms with E-state index in [2.05, 4.69) is 12.2 Å². The Kier molecular flexibility index (Phi) is 5.90. The fourth-order valence-electron chi connectivity index (χ4n) is 2.59. The predicted octanol–water partition coefficient (Wildman–Crippen LogP) is 4.42. The molecule has 1 aromatic carbocycles. The van der Waals surface area contributed by atoms with E-state index in [0.717, 1.165) is 36.4 Å². The third-order valence-electron chi connectivity index (χ3n) is 3.74. The van der Waals surface area contributed by atoms with Crippen LogP contribution in [0, 0.1) is 0 Å². The van der Waals surface area contributed by atoms with Gasteiger partial charge in [0.25, 0.3) is 0 Å². The normalized spacial score (nSPS) is 13.2. The summed E-state index contributed by atoms with van der Waals surface area (Å²) in [6.45, 7) is 3.66. The molecule has 0 aliphatic carbocycles. The molecule has 1 N–H and O–H groups in total. The molecule has 0 fully saturated rings. The van der Waals surface area contributed by atoms with Gasteiger partial charge in [0.05, 0.1) is 11.3 Å². The van der Waals surface area contributed by atoms with E-state index in [1.54, 1.807) is 0 Å². The largest absolute Gasteiger partial charge is 0.489 e. The standard InChI is InChI=1S/C17H25NO2/c1-2-3-4-5-6-7-11-16(19)14-9-8-10-15-17(14)20-13-12-18-15/h8-10,18H,2-7,11-13H2,1H3. The number of hydrogen-bond donors (Lipinski definition) is 1. The van der Waals surface area contributed by atoms with Crippen molar-refractivity contribution in [2.24, 2.45) is 0 Å². The minimum atomic E-state index is 0.209. The molecule has 1 aliphatic heterocycles. The second-order valence-corrected chi connectivity index (χ2v) is 5.40. The number of nitrogens with one attached hydrogen (secondary N) is 1. The number of hydrogen-bond acceptors (Lipinski definition) is 3. The molecule has 0 saturated heterocycles. The number of unbranched alkanes of at least 4 members (excludes halogenated alkanes) is 5. The minimum absolute atomic E-state index is 0.209. The molecule has 0 radical (unpaired) electrons. The third-order valence-corrected chi connectivity index (χ3v) is 3.74. The van der Waals surface area contributed by atoms with Crippen molar-refractivity contribution < 1.29 is 9.53 Å². The average Bonchev–Trinajstić information content (AvgIpc) is 2.50. The van der Waals surface area contributed by atoms with Crippen molar-refractivity contribution in [3.8, 4) is 5.75 Å². The molecule has 0 aromatic heterocycles.